The molecule has 4 heteroatoms. The number of anilines is 1. The summed E-state index contributed by atoms with van der Waals surface area (Å²) in [5, 5.41) is 0. The largest absolute Gasteiger partial charge is 0.353 e. The number of aromatic nitrogens is 2. The van der Waals surface area contributed by atoms with Crippen LogP contribution in [-0.2, 0) is 6.42 Å². The molecule has 2 rings (SSSR count). The van der Waals surface area contributed by atoms with Gasteiger partial charge in [0, 0.05) is 30.8 Å². The molecule has 1 aromatic heterocycles. The van der Waals surface area contributed by atoms with Gasteiger partial charge in [-0.05, 0) is 32.7 Å². The van der Waals surface area contributed by atoms with Crippen molar-refractivity contribution in [2.75, 3.05) is 18.0 Å². The first-order valence-electron chi connectivity index (χ1n) is 6.45. The number of nitrogens with zero attached hydrogens (tertiary/aromatic N) is 3. The first kappa shape index (κ1) is 12.3. The van der Waals surface area contributed by atoms with Crippen LogP contribution in [0.15, 0.2) is 6.07 Å². The summed E-state index contributed by atoms with van der Waals surface area (Å²) in [4.78, 5) is 11.4. The molecule has 2 heterocycles. The first-order valence-corrected chi connectivity index (χ1v) is 6.45. The molecule has 17 heavy (non-hydrogen) atoms. The van der Waals surface area contributed by atoms with Crippen molar-refractivity contribution in [2.45, 2.75) is 39.7 Å². The fraction of sp³-hybridized carbons (Fsp3) is 0.692. The van der Waals surface area contributed by atoms with Crippen LogP contribution in [0.1, 0.15) is 31.8 Å². The molecule has 4 nitrogen and oxygen atoms in total. The topological polar surface area (TPSA) is 55.0 Å². The highest BCUT2D eigenvalue weighted by molar-refractivity contribution is 5.42. The number of hydrogen-bond donors (Lipinski definition) is 1. The minimum atomic E-state index is 0.530. The number of rotatable bonds is 3. The van der Waals surface area contributed by atoms with E-state index in [2.05, 4.69) is 34.8 Å². The quantitative estimate of drug-likeness (QED) is 0.861. The molecule has 1 aromatic rings. The van der Waals surface area contributed by atoms with Gasteiger partial charge in [-0.1, -0.05) is 6.92 Å². The summed E-state index contributed by atoms with van der Waals surface area (Å²) in [6.45, 7) is 8.17. The van der Waals surface area contributed by atoms with E-state index in [4.69, 9.17) is 5.73 Å². The molecule has 1 saturated heterocycles. The lowest BCUT2D eigenvalue weighted by Crippen LogP contribution is -2.29. The second-order valence-corrected chi connectivity index (χ2v) is 4.98. The third-order valence-corrected chi connectivity index (χ3v) is 3.49. The highest BCUT2D eigenvalue weighted by atomic mass is 15.2. The van der Waals surface area contributed by atoms with E-state index < -0.39 is 0 Å². The molecule has 1 aliphatic heterocycles. The Morgan fingerprint density at radius 2 is 2.24 bits per heavy atom. The average molecular weight is 234 g/mol. The maximum atomic E-state index is 5.76. The van der Waals surface area contributed by atoms with Gasteiger partial charge >= 0.3 is 0 Å². The Morgan fingerprint density at radius 3 is 2.82 bits per heavy atom. The maximum Gasteiger partial charge on any atom is 0.132 e. The zero-order valence-corrected chi connectivity index (χ0v) is 11.0. The Morgan fingerprint density at radius 1 is 1.47 bits per heavy atom. The Balaban J connectivity index is 2.24. The molecule has 0 aliphatic carbocycles. The van der Waals surface area contributed by atoms with Crippen molar-refractivity contribution in [3.63, 3.8) is 0 Å². The molecule has 2 unspecified atom stereocenters. The zero-order chi connectivity index (χ0) is 12.4. The Labute approximate surface area is 103 Å². The van der Waals surface area contributed by atoms with E-state index in [-0.39, 0.29) is 0 Å². The standard InChI is InChI=1S/C13H22N4/c1-4-12-15-9(2)5-13(16-12)17-8-11(7-14)6-10(17)3/h5,10-11H,4,6-8,14H2,1-3H3. The molecule has 0 spiro atoms. The van der Waals surface area contributed by atoms with Gasteiger partial charge in [-0.25, -0.2) is 9.97 Å². The summed E-state index contributed by atoms with van der Waals surface area (Å²) in [6.07, 6.45) is 2.05. The van der Waals surface area contributed by atoms with Crippen LogP contribution in [0, 0.1) is 12.8 Å². The molecule has 1 fully saturated rings. The van der Waals surface area contributed by atoms with Gasteiger partial charge in [0.05, 0.1) is 0 Å². The van der Waals surface area contributed by atoms with Crippen LogP contribution < -0.4 is 10.6 Å². The number of nitrogens with two attached hydrogens (primary N) is 1. The van der Waals surface area contributed by atoms with Crippen LogP contribution in [-0.4, -0.2) is 29.1 Å². The van der Waals surface area contributed by atoms with Crippen LogP contribution in [0.4, 0.5) is 5.82 Å². The fourth-order valence-electron chi connectivity index (χ4n) is 2.55. The van der Waals surface area contributed by atoms with Gasteiger partial charge in [-0.3, -0.25) is 0 Å². The summed E-state index contributed by atoms with van der Waals surface area (Å²) < 4.78 is 0. The van der Waals surface area contributed by atoms with Crippen molar-refractivity contribution in [3.05, 3.63) is 17.6 Å². The third kappa shape index (κ3) is 2.57. The normalized spacial score (nSPS) is 24.4. The van der Waals surface area contributed by atoms with E-state index in [1.807, 2.05) is 6.92 Å². The van der Waals surface area contributed by atoms with Crippen LogP contribution in [0.3, 0.4) is 0 Å². The SMILES string of the molecule is CCc1nc(C)cc(N2CC(CN)CC2C)n1. The molecule has 94 valence electrons. The van der Waals surface area contributed by atoms with Crippen molar-refractivity contribution in [3.8, 4) is 0 Å². The molecule has 0 amide bonds. The van der Waals surface area contributed by atoms with Crippen molar-refractivity contribution >= 4 is 5.82 Å². The van der Waals surface area contributed by atoms with E-state index in [9.17, 15) is 0 Å². The second kappa shape index (κ2) is 5.00. The van der Waals surface area contributed by atoms with Gasteiger partial charge in [0.1, 0.15) is 11.6 Å². The molecule has 0 bridgehead atoms. The fourth-order valence-corrected chi connectivity index (χ4v) is 2.55. The van der Waals surface area contributed by atoms with Gasteiger partial charge < -0.3 is 10.6 Å². The predicted molar refractivity (Wildman–Crippen MR) is 70.1 cm³/mol. The zero-order valence-electron chi connectivity index (χ0n) is 11.0. The molecule has 2 N–H and O–H groups in total. The van der Waals surface area contributed by atoms with Crippen LogP contribution in [0.2, 0.25) is 0 Å². The summed E-state index contributed by atoms with van der Waals surface area (Å²) in [7, 11) is 0. The monoisotopic (exact) mass is 234 g/mol. The summed E-state index contributed by atoms with van der Waals surface area (Å²) >= 11 is 0. The molecule has 0 radical (unpaired) electrons. The minimum Gasteiger partial charge on any atom is -0.353 e. The maximum absolute atomic E-state index is 5.76. The van der Waals surface area contributed by atoms with Crippen molar-refractivity contribution in [2.24, 2.45) is 11.7 Å². The first-order chi connectivity index (χ1) is 8.13. The molecular formula is C13H22N4. The smallest absolute Gasteiger partial charge is 0.132 e. The lowest BCUT2D eigenvalue weighted by atomic mass is 10.1. The third-order valence-electron chi connectivity index (χ3n) is 3.49. The predicted octanol–water partition coefficient (Wildman–Crippen LogP) is 1.52. The van der Waals surface area contributed by atoms with Crippen molar-refractivity contribution in [1.82, 2.24) is 9.97 Å². The lowest BCUT2D eigenvalue weighted by molar-refractivity contribution is 0.579. The number of hydrogen-bond acceptors (Lipinski definition) is 4. The molecule has 2 atom stereocenters. The summed E-state index contributed by atoms with van der Waals surface area (Å²) in [5.74, 6) is 2.60. The van der Waals surface area contributed by atoms with E-state index in [1.54, 1.807) is 0 Å². The molecular weight excluding hydrogens is 212 g/mol. The number of aryl methyl sites for hydroxylation is 2. The Bertz CT molecular complexity index is 391. The Hall–Kier alpha value is -1.16. The van der Waals surface area contributed by atoms with Gasteiger partial charge in [-0.15, -0.1) is 0 Å². The average Bonchev–Trinajstić information content (AvgIpc) is 2.69. The van der Waals surface area contributed by atoms with Gasteiger partial charge in [0.2, 0.25) is 0 Å². The second-order valence-electron chi connectivity index (χ2n) is 4.98. The van der Waals surface area contributed by atoms with Crippen LogP contribution >= 0.6 is 0 Å². The highest BCUT2D eigenvalue weighted by Crippen LogP contribution is 2.27. The van der Waals surface area contributed by atoms with E-state index in [1.165, 1.54) is 6.42 Å². The summed E-state index contributed by atoms with van der Waals surface area (Å²) in [6, 6.07) is 2.61. The van der Waals surface area contributed by atoms with E-state index in [0.717, 1.165) is 36.8 Å². The minimum absolute atomic E-state index is 0.530. The van der Waals surface area contributed by atoms with Crippen LogP contribution in [0.5, 0.6) is 0 Å². The Kier molecular flexibility index (Phi) is 3.62. The lowest BCUT2D eigenvalue weighted by Gasteiger charge is -2.23. The van der Waals surface area contributed by atoms with Gasteiger partial charge in [0.15, 0.2) is 0 Å². The van der Waals surface area contributed by atoms with E-state index in [0.29, 0.717) is 12.0 Å². The summed E-state index contributed by atoms with van der Waals surface area (Å²) in [5.41, 5.74) is 6.81. The molecule has 0 aromatic carbocycles. The highest BCUT2D eigenvalue weighted by Gasteiger charge is 2.29. The molecule has 1 aliphatic rings. The molecule has 0 saturated carbocycles. The van der Waals surface area contributed by atoms with Gasteiger partial charge in [0.25, 0.3) is 0 Å². The van der Waals surface area contributed by atoms with Crippen LogP contribution in [0.25, 0.3) is 0 Å². The van der Waals surface area contributed by atoms with Gasteiger partial charge in [-0.2, -0.15) is 0 Å². The van der Waals surface area contributed by atoms with Crippen molar-refractivity contribution < 1.29 is 0 Å². The van der Waals surface area contributed by atoms with Crippen molar-refractivity contribution in [1.29, 1.82) is 0 Å². The van der Waals surface area contributed by atoms with E-state index >= 15 is 0 Å².